The van der Waals surface area contributed by atoms with Crippen molar-refractivity contribution < 1.29 is 10.2 Å². The van der Waals surface area contributed by atoms with Crippen LogP contribution in [0.15, 0.2) is 12.2 Å². The second kappa shape index (κ2) is 13.2. The first-order valence-electron chi connectivity index (χ1n) is 7.24. The van der Waals surface area contributed by atoms with Gasteiger partial charge >= 0.3 is 0 Å². The first-order chi connectivity index (χ1) is 9.20. The Morgan fingerprint density at radius 3 is 2.32 bits per heavy atom. The number of unbranched alkanes of at least 4 members (excludes halogenated alkanes) is 5. The molecule has 0 unspecified atom stereocenters. The molecule has 106 valence electrons. The summed E-state index contributed by atoms with van der Waals surface area (Å²) >= 11 is 0. The molecular weight excluding hydrogens is 236 g/mol. The van der Waals surface area contributed by atoms with Crippen LogP contribution >= 0.6 is 0 Å². The van der Waals surface area contributed by atoms with Gasteiger partial charge in [-0.1, -0.05) is 57.4 Å². The van der Waals surface area contributed by atoms with Crippen LogP contribution in [0.5, 0.6) is 0 Å². The van der Waals surface area contributed by atoms with Crippen LogP contribution in [0.25, 0.3) is 0 Å². The van der Waals surface area contributed by atoms with Gasteiger partial charge in [0.1, 0.15) is 12.2 Å². The minimum atomic E-state index is -0.760. The Hall–Kier alpha value is -1.22. The van der Waals surface area contributed by atoms with Crippen LogP contribution in [-0.4, -0.2) is 22.4 Å². The molecule has 0 amide bonds. The Balaban J connectivity index is 3.75. The van der Waals surface area contributed by atoms with E-state index in [0.29, 0.717) is 6.42 Å². The van der Waals surface area contributed by atoms with Gasteiger partial charge in [0.2, 0.25) is 0 Å². The molecule has 2 nitrogen and oxygen atoms in total. The monoisotopic (exact) mass is 262 g/mol. The fourth-order valence-electron chi connectivity index (χ4n) is 1.47. The van der Waals surface area contributed by atoms with Crippen LogP contribution in [0.1, 0.15) is 58.8 Å². The quantitative estimate of drug-likeness (QED) is 0.401. The summed E-state index contributed by atoms with van der Waals surface area (Å²) < 4.78 is 0. The fraction of sp³-hybridized carbons (Fsp3) is 0.647. The number of aliphatic hydroxyl groups excluding tert-OH is 2. The van der Waals surface area contributed by atoms with Crippen LogP contribution in [0.4, 0.5) is 0 Å². The van der Waals surface area contributed by atoms with Crippen molar-refractivity contribution in [2.75, 3.05) is 0 Å². The summed E-state index contributed by atoms with van der Waals surface area (Å²) in [6.45, 7) is 4.06. The van der Waals surface area contributed by atoms with Crippen molar-refractivity contribution in [1.82, 2.24) is 0 Å². The van der Waals surface area contributed by atoms with E-state index < -0.39 is 12.2 Å². The molecule has 0 rings (SSSR count). The largest absolute Gasteiger partial charge is 0.380 e. The average molecular weight is 262 g/mol. The van der Waals surface area contributed by atoms with Gasteiger partial charge in [0.25, 0.3) is 0 Å². The van der Waals surface area contributed by atoms with E-state index in [-0.39, 0.29) is 0 Å². The zero-order valence-corrected chi connectivity index (χ0v) is 12.2. The predicted molar refractivity (Wildman–Crippen MR) is 80.4 cm³/mol. The van der Waals surface area contributed by atoms with E-state index >= 15 is 0 Å². The molecule has 0 aliphatic heterocycles. The molecule has 0 aromatic heterocycles. The molecule has 0 aromatic rings. The molecule has 0 heterocycles. The van der Waals surface area contributed by atoms with Crippen LogP contribution in [0.2, 0.25) is 0 Å². The smallest absolute Gasteiger partial charge is 0.134 e. The maximum Gasteiger partial charge on any atom is 0.134 e. The van der Waals surface area contributed by atoms with Gasteiger partial charge in [-0.05, 0) is 37.2 Å². The minimum absolute atomic E-state index is 0.592. The number of hydrogen-bond donors (Lipinski definition) is 2. The lowest BCUT2D eigenvalue weighted by Gasteiger charge is -1.97. The molecule has 0 saturated heterocycles. The molecule has 0 aliphatic rings. The maximum atomic E-state index is 9.52. The highest BCUT2D eigenvalue weighted by Gasteiger charge is 1.91. The number of aliphatic hydroxyl groups is 2. The van der Waals surface area contributed by atoms with E-state index in [1.54, 1.807) is 6.08 Å². The molecule has 0 fully saturated rings. The molecule has 2 atom stereocenters. The summed E-state index contributed by atoms with van der Waals surface area (Å²) in [5.74, 6) is 10.3. The first-order valence-corrected chi connectivity index (χ1v) is 7.24. The van der Waals surface area contributed by atoms with Crippen molar-refractivity contribution in [3.05, 3.63) is 12.2 Å². The Bertz CT molecular complexity index is 349. The van der Waals surface area contributed by atoms with Gasteiger partial charge in [0, 0.05) is 0 Å². The van der Waals surface area contributed by atoms with E-state index in [4.69, 9.17) is 5.11 Å². The van der Waals surface area contributed by atoms with Gasteiger partial charge in [0.05, 0.1) is 0 Å². The van der Waals surface area contributed by atoms with Gasteiger partial charge in [-0.25, -0.2) is 0 Å². The summed E-state index contributed by atoms with van der Waals surface area (Å²) in [4.78, 5) is 0. The summed E-state index contributed by atoms with van der Waals surface area (Å²) in [5.41, 5.74) is 0. The topological polar surface area (TPSA) is 40.5 Å². The van der Waals surface area contributed by atoms with E-state index in [0.717, 1.165) is 6.42 Å². The lowest BCUT2D eigenvalue weighted by molar-refractivity contribution is 0.228. The molecule has 0 aliphatic carbocycles. The normalized spacial score (nSPS) is 13.3. The fourth-order valence-corrected chi connectivity index (χ4v) is 1.47. The Labute approximate surface area is 117 Å². The SMILES string of the molecule is CCCCCCC/C=C\[C@@H](O)C#CC#C[C@H](O)CC. The Morgan fingerprint density at radius 1 is 0.947 bits per heavy atom. The van der Waals surface area contributed by atoms with Crippen LogP contribution in [-0.2, 0) is 0 Å². The molecule has 0 spiro atoms. The highest BCUT2D eigenvalue weighted by atomic mass is 16.3. The standard InChI is InChI=1S/C17H26O2/c1-3-5-6-7-8-9-10-14-17(19)15-12-11-13-16(18)4-2/h10,14,16-19H,3-9H2,1-2H3/b14-10-/t16-,17-/m1/s1. The summed E-state index contributed by atoms with van der Waals surface area (Å²) in [6, 6.07) is 0. The lowest BCUT2D eigenvalue weighted by Crippen LogP contribution is -1.99. The van der Waals surface area contributed by atoms with Crippen molar-refractivity contribution in [3.63, 3.8) is 0 Å². The van der Waals surface area contributed by atoms with Gasteiger partial charge < -0.3 is 10.2 Å². The van der Waals surface area contributed by atoms with Crippen molar-refractivity contribution in [2.45, 2.75) is 71.0 Å². The van der Waals surface area contributed by atoms with Crippen molar-refractivity contribution in [1.29, 1.82) is 0 Å². The van der Waals surface area contributed by atoms with Crippen molar-refractivity contribution in [2.24, 2.45) is 0 Å². The van der Waals surface area contributed by atoms with E-state index in [1.807, 2.05) is 13.0 Å². The third kappa shape index (κ3) is 13.0. The molecule has 2 N–H and O–H groups in total. The third-order valence-electron chi connectivity index (χ3n) is 2.70. The average Bonchev–Trinajstić information content (AvgIpc) is 2.42. The van der Waals surface area contributed by atoms with Gasteiger partial charge in [0.15, 0.2) is 0 Å². The Morgan fingerprint density at radius 2 is 1.63 bits per heavy atom. The zero-order valence-electron chi connectivity index (χ0n) is 12.2. The maximum absolute atomic E-state index is 9.52. The minimum Gasteiger partial charge on any atom is -0.380 e. The summed E-state index contributed by atoms with van der Waals surface area (Å²) in [5, 5.41) is 18.7. The molecule has 0 aromatic carbocycles. The predicted octanol–water partition coefficient (Wildman–Crippen LogP) is 3.04. The third-order valence-corrected chi connectivity index (χ3v) is 2.70. The van der Waals surface area contributed by atoms with Gasteiger partial charge in [-0.15, -0.1) is 0 Å². The van der Waals surface area contributed by atoms with E-state index in [1.165, 1.54) is 32.1 Å². The number of hydrogen-bond acceptors (Lipinski definition) is 2. The van der Waals surface area contributed by atoms with Crippen LogP contribution in [0.3, 0.4) is 0 Å². The Kier molecular flexibility index (Phi) is 12.4. The second-order valence-corrected chi connectivity index (χ2v) is 4.54. The second-order valence-electron chi connectivity index (χ2n) is 4.54. The number of allylic oxidation sites excluding steroid dienone is 1. The molecule has 0 saturated carbocycles. The summed E-state index contributed by atoms with van der Waals surface area (Å²) in [7, 11) is 0. The first kappa shape index (κ1) is 17.8. The van der Waals surface area contributed by atoms with E-state index in [2.05, 4.69) is 30.6 Å². The molecule has 0 bridgehead atoms. The highest BCUT2D eigenvalue weighted by molar-refractivity contribution is 5.29. The zero-order chi connectivity index (χ0) is 14.3. The summed E-state index contributed by atoms with van der Waals surface area (Å²) in [6.07, 6.45) is 10.1. The molecular formula is C17H26O2. The van der Waals surface area contributed by atoms with Crippen LogP contribution in [0, 0.1) is 23.7 Å². The van der Waals surface area contributed by atoms with Gasteiger partial charge in [-0.3, -0.25) is 0 Å². The molecule has 0 radical (unpaired) electrons. The van der Waals surface area contributed by atoms with Gasteiger partial charge in [-0.2, -0.15) is 0 Å². The van der Waals surface area contributed by atoms with E-state index in [9.17, 15) is 5.11 Å². The van der Waals surface area contributed by atoms with Crippen LogP contribution < -0.4 is 0 Å². The van der Waals surface area contributed by atoms with Crippen molar-refractivity contribution >= 4 is 0 Å². The lowest BCUT2D eigenvalue weighted by atomic mass is 10.1. The number of rotatable bonds is 8. The molecule has 2 heteroatoms. The molecule has 19 heavy (non-hydrogen) atoms. The highest BCUT2D eigenvalue weighted by Crippen LogP contribution is 2.05. The van der Waals surface area contributed by atoms with Crippen molar-refractivity contribution in [3.8, 4) is 23.7 Å².